The Balaban J connectivity index is 2.27. The highest BCUT2D eigenvalue weighted by molar-refractivity contribution is 8.14. The number of nitrogens with zero attached hydrogens (tertiary/aromatic N) is 1. The summed E-state index contributed by atoms with van der Waals surface area (Å²) in [7, 11) is 0. The highest BCUT2D eigenvalue weighted by Crippen LogP contribution is 2.32. The van der Waals surface area contributed by atoms with Gasteiger partial charge in [0.2, 0.25) is 0 Å². The molecule has 2 nitrogen and oxygen atoms in total. The molecule has 6 heteroatoms. The molecule has 1 aliphatic rings. The molecule has 0 radical (unpaired) electrons. The van der Waals surface area contributed by atoms with Crippen molar-refractivity contribution in [3.8, 4) is 0 Å². The van der Waals surface area contributed by atoms with Gasteiger partial charge in [0, 0.05) is 5.75 Å². The van der Waals surface area contributed by atoms with Crippen molar-refractivity contribution >= 4 is 45.8 Å². The lowest BCUT2D eigenvalue weighted by Gasteiger charge is -2.09. The van der Waals surface area contributed by atoms with E-state index in [2.05, 4.69) is 10.3 Å². The molecule has 2 rings (SSSR count). The van der Waals surface area contributed by atoms with Crippen LogP contribution in [0.2, 0.25) is 10.0 Å². The van der Waals surface area contributed by atoms with E-state index in [0.29, 0.717) is 5.69 Å². The van der Waals surface area contributed by atoms with Crippen molar-refractivity contribution in [2.24, 2.45) is 4.99 Å². The molecule has 0 bridgehead atoms. The van der Waals surface area contributed by atoms with Crippen molar-refractivity contribution in [2.45, 2.75) is 0 Å². The summed E-state index contributed by atoms with van der Waals surface area (Å²) in [5.74, 6) is 0.496. The van der Waals surface area contributed by atoms with Gasteiger partial charge in [-0.15, -0.1) is 0 Å². The minimum absolute atomic E-state index is 0.259. The van der Waals surface area contributed by atoms with Gasteiger partial charge in [-0.05, 0) is 12.1 Å². The smallest absolute Gasteiger partial charge is 0.161 e. The molecule has 0 saturated heterocycles. The van der Waals surface area contributed by atoms with Gasteiger partial charge in [-0.3, -0.25) is 4.99 Å². The Hall–Kier alpha value is -0.450. The predicted molar refractivity (Wildman–Crippen MR) is 64.8 cm³/mol. The van der Waals surface area contributed by atoms with Gasteiger partial charge in [0.25, 0.3) is 0 Å². The van der Waals surface area contributed by atoms with E-state index < -0.39 is 5.82 Å². The normalized spacial score (nSPS) is 15.3. The number of amidine groups is 1. The molecule has 1 aliphatic heterocycles. The zero-order valence-electron chi connectivity index (χ0n) is 7.56. The summed E-state index contributed by atoms with van der Waals surface area (Å²) < 4.78 is 12.9. The number of halogens is 3. The topological polar surface area (TPSA) is 24.4 Å². The molecular formula is C9H7Cl2FN2S. The fourth-order valence-corrected chi connectivity index (χ4v) is 2.47. The molecule has 0 fully saturated rings. The highest BCUT2D eigenvalue weighted by Gasteiger charge is 2.13. The summed E-state index contributed by atoms with van der Waals surface area (Å²) in [6.45, 7) is 0.781. The maximum Gasteiger partial charge on any atom is 0.161 e. The minimum atomic E-state index is -0.448. The van der Waals surface area contributed by atoms with Crippen LogP contribution in [0.4, 0.5) is 10.1 Å². The lowest BCUT2D eigenvalue weighted by Crippen LogP contribution is -2.06. The van der Waals surface area contributed by atoms with E-state index in [1.807, 2.05) is 0 Å². The van der Waals surface area contributed by atoms with Crippen LogP contribution < -0.4 is 5.32 Å². The molecule has 0 spiro atoms. The van der Waals surface area contributed by atoms with Crippen LogP contribution in [-0.4, -0.2) is 17.5 Å². The first-order chi connectivity index (χ1) is 7.16. The van der Waals surface area contributed by atoms with E-state index in [9.17, 15) is 4.39 Å². The van der Waals surface area contributed by atoms with Crippen molar-refractivity contribution in [2.75, 3.05) is 17.6 Å². The molecule has 15 heavy (non-hydrogen) atoms. The quantitative estimate of drug-likeness (QED) is 0.838. The lowest BCUT2D eigenvalue weighted by atomic mass is 10.3. The average Bonchev–Trinajstić information content (AvgIpc) is 2.63. The lowest BCUT2D eigenvalue weighted by molar-refractivity contribution is 0.628. The molecule has 0 aromatic heterocycles. The van der Waals surface area contributed by atoms with E-state index in [0.717, 1.165) is 17.5 Å². The molecule has 0 saturated carbocycles. The molecular weight excluding hydrogens is 258 g/mol. The molecule has 0 atom stereocenters. The first-order valence-corrected chi connectivity index (χ1v) is 6.00. The SMILES string of the molecule is Fc1cc(Cl)c(NC2=NCCS2)c(Cl)c1. The Labute approximate surface area is 101 Å². The number of nitrogens with one attached hydrogen (secondary N) is 1. The van der Waals surface area contributed by atoms with Crippen LogP contribution in [0.5, 0.6) is 0 Å². The number of benzene rings is 1. The summed E-state index contributed by atoms with van der Waals surface area (Å²) in [4.78, 5) is 4.19. The maximum atomic E-state index is 12.9. The third-order valence-electron chi connectivity index (χ3n) is 1.82. The van der Waals surface area contributed by atoms with Crippen molar-refractivity contribution in [3.63, 3.8) is 0 Å². The van der Waals surface area contributed by atoms with Gasteiger partial charge in [-0.25, -0.2) is 4.39 Å². The van der Waals surface area contributed by atoms with E-state index in [1.54, 1.807) is 11.8 Å². The van der Waals surface area contributed by atoms with E-state index in [1.165, 1.54) is 12.1 Å². The number of hydrogen-bond acceptors (Lipinski definition) is 3. The van der Waals surface area contributed by atoms with Crippen molar-refractivity contribution in [1.82, 2.24) is 0 Å². The van der Waals surface area contributed by atoms with Crippen LogP contribution in [0.1, 0.15) is 0 Å². The van der Waals surface area contributed by atoms with E-state index >= 15 is 0 Å². The van der Waals surface area contributed by atoms with Crippen molar-refractivity contribution in [3.05, 3.63) is 28.0 Å². The number of anilines is 1. The number of thioether (sulfide) groups is 1. The van der Waals surface area contributed by atoms with Crippen LogP contribution in [-0.2, 0) is 0 Å². The van der Waals surface area contributed by atoms with Gasteiger partial charge in [0.1, 0.15) is 5.82 Å². The van der Waals surface area contributed by atoms with Gasteiger partial charge >= 0.3 is 0 Å². The van der Waals surface area contributed by atoms with Gasteiger partial charge in [-0.1, -0.05) is 35.0 Å². The molecule has 0 aliphatic carbocycles. The summed E-state index contributed by atoms with van der Waals surface area (Å²) in [6, 6.07) is 2.44. The fraction of sp³-hybridized carbons (Fsp3) is 0.222. The van der Waals surface area contributed by atoms with Gasteiger partial charge in [0.15, 0.2) is 5.17 Å². The molecule has 1 N–H and O–H groups in total. The third-order valence-corrected chi connectivity index (χ3v) is 3.31. The molecule has 0 amide bonds. The van der Waals surface area contributed by atoms with Gasteiger partial charge < -0.3 is 5.32 Å². The standard InChI is InChI=1S/C9H7Cl2FN2S/c10-6-3-5(12)4-7(11)8(6)14-9-13-1-2-15-9/h3-4H,1-2H2,(H,13,14). The second-order valence-electron chi connectivity index (χ2n) is 2.90. The highest BCUT2D eigenvalue weighted by atomic mass is 35.5. The monoisotopic (exact) mass is 264 g/mol. The number of rotatable bonds is 1. The van der Waals surface area contributed by atoms with Crippen molar-refractivity contribution < 1.29 is 4.39 Å². The molecule has 80 valence electrons. The number of aliphatic imine (C=N–C) groups is 1. The maximum absolute atomic E-state index is 12.9. The van der Waals surface area contributed by atoms with Gasteiger partial charge in [0.05, 0.1) is 22.3 Å². The van der Waals surface area contributed by atoms with Crippen LogP contribution in [0.3, 0.4) is 0 Å². The summed E-state index contributed by atoms with van der Waals surface area (Å²) in [5.41, 5.74) is 0.507. The second-order valence-corrected chi connectivity index (χ2v) is 4.80. The Morgan fingerprint density at radius 3 is 2.53 bits per heavy atom. The summed E-state index contributed by atoms with van der Waals surface area (Å²) in [5, 5.41) is 4.27. The van der Waals surface area contributed by atoms with Gasteiger partial charge in [-0.2, -0.15) is 0 Å². The van der Waals surface area contributed by atoms with Crippen LogP contribution in [0.15, 0.2) is 17.1 Å². The average molecular weight is 265 g/mol. The predicted octanol–water partition coefficient (Wildman–Crippen LogP) is 3.65. The summed E-state index contributed by atoms with van der Waals surface area (Å²) >= 11 is 13.3. The third kappa shape index (κ3) is 2.56. The molecule has 0 unspecified atom stereocenters. The Morgan fingerprint density at radius 2 is 2.00 bits per heavy atom. The zero-order chi connectivity index (χ0) is 10.8. The summed E-state index contributed by atoms with van der Waals surface area (Å²) in [6.07, 6.45) is 0. The van der Waals surface area contributed by atoms with Crippen LogP contribution in [0, 0.1) is 5.82 Å². The van der Waals surface area contributed by atoms with Crippen LogP contribution >= 0.6 is 35.0 Å². The molecule has 1 heterocycles. The second kappa shape index (κ2) is 4.60. The largest absolute Gasteiger partial charge is 0.333 e. The zero-order valence-corrected chi connectivity index (χ0v) is 9.89. The first-order valence-electron chi connectivity index (χ1n) is 4.25. The molecule has 1 aromatic rings. The van der Waals surface area contributed by atoms with Crippen molar-refractivity contribution in [1.29, 1.82) is 0 Å². The number of hydrogen-bond donors (Lipinski definition) is 1. The Kier molecular flexibility index (Phi) is 3.38. The Bertz CT molecular complexity index is 400. The fourth-order valence-electron chi connectivity index (χ4n) is 1.18. The van der Waals surface area contributed by atoms with E-state index in [4.69, 9.17) is 23.2 Å². The van der Waals surface area contributed by atoms with Crippen LogP contribution in [0.25, 0.3) is 0 Å². The van der Waals surface area contributed by atoms with E-state index in [-0.39, 0.29) is 10.0 Å². The first kappa shape index (κ1) is 11.0. The minimum Gasteiger partial charge on any atom is -0.333 e. The molecule has 1 aromatic carbocycles. The Morgan fingerprint density at radius 1 is 1.33 bits per heavy atom.